The molecule has 0 saturated carbocycles. The number of anilines is 2. The largest absolute Gasteiger partial charge is 0.497 e. The first-order chi connectivity index (χ1) is 15.3. The molecule has 2 aromatic rings. The number of ether oxygens (including phenoxy) is 3. The zero-order valence-electron chi connectivity index (χ0n) is 18.4. The van der Waals surface area contributed by atoms with E-state index in [4.69, 9.17) is 14.2 Å². The van der Waals surface area contributed by atoms with Crippen molar-refractivity contribution in [3.05, 3.63) is 47.5 Å². The Morgan fingerprint density at radius 3 is 2.56 bits per heavy atom. The summed E-state index contributed by atoms with van der Waals surface area (Å²) in [5, 5.41) is 8.05. The SMILES string of the molecule is COc1ccc(OC)c(NC(=O)COC(=O)C2=NN(c3cc(C)ccc3C)C(=O)CC2)c1. The predicted molar refractivity (Wildman–Crippen MR) is 119 cm³/mol. The summed E-state index contributed by atoms with van der Waals surface area (Å²) in [6.45, 7) is 3.25. The van der Waals surface area contributed by atoms with Crippen LogP contribution in [0.25, 0.3) is 0 Å². The van der Waals surface area contributed by atoms with Gasteiger partial charge in [-0.2, -0.15) is 10.1 Å². The van der Waals surface area contributed by atoms with Gasteiger partial charge in [0.15, 0.2) is 6.61 Å². The van der Waals surface area contributed by atoms with E-state index < -0.39 is 18.5 Å². The van der Waals surface area contributed by atoms with Crippen molar-refractivity contribution in [1.29, 1.82) is 0 Å². The maximum atomic E-state index is 12.5. The number of carbonyl (C=O) groups excluding carboxylic acids is 3. The summed E-state index contributed by atoms with van der Waals surface area (Å²) in [5.74, 6) is -0.543. The minimum atomic E-state index is -0.749. The molecule has 0 unspecified atom stereocenters. The van der Waals surface area contributed by atoms with Gasteiger partial charge in [0.2, 0.25) is 5.91 Å². The molecule has 1 N–H and O–H groups in total. The Bertz CT molecular complexity index is 1080. The maximum Gasteiger partial charge on any atom is 0.355 e. The third-order valence-corrected chi connectivity index (χ3v) is 4.88. The number of methoxy groups -OCH3 is 2. The normalized spacial score (nSPS) is 13.3. The van der Waals surface area contributed by atoms with Gasteiger partial charge in [-0.1, -0.05) is 12.1 Å². The van der Waals surface area contributed by atoms with E-state index in [0.717, 1.165) is 11.1 Å². The zero-order chi connectivity index (χ0) is 23.3. The number of hydrogen-bond donors (Lipinski definition) is 1. The molecule has 0 spiro atoms. The van der Waals surface area contributed by atoms with Gasteiger partial charge < -0.3 is 19.5 Å². The monoisotopic (exact) mass is 439 g/mol. The molecule has 0 atom stereocenters. The molecule has 1 aliphatic rings. The van der Waals surface area contributed by atoms with Crippen molar-refractivity contribution in [2.75, 3.05) is 31.2 Å². The number of benzene rings is 2. The van der Waals surface area contributed by atoms with E-state index in [1.54, 1.807) is 18.2 Å². The van der Waals surface area contributed by atoms with E-state index in [1.807, 2.05) is 32.0 Å². The van der Waals surface area contributed by atoms with E-state index in [9.17, 15) is 14.4 Å². The molecule has 0 bridgehead atoms. The van der Waals surface area contributed by atoms with Gasteiger partial charge in [0.05, 0.1) is 25.6 Å². The van der Waals surface area contributed by atoms with Crippen molar-refractivity contribution >= 4 is 34.9 Å². The molecule has 9 heteroatoms. The van der Waals surface area contributed by atoms with Crippen LogP contribution in [0.2, 0.25) is 0 Å². The van der Waals surface area contributed by atoms with Gasteiger partial charge in [0.1, 0.15) is 17.2 Å². The van der Waals surface area contributed by atoms with Crippen LogP contribution < -0.4 is 19.8 Å². The zero-order valence-corrected chi connectivity index (χ0v) is 18.4. The molecule has 0 fully saturated rings. The van der Waals surface area contributed by atoms with Crippen LogP contribution in [0, 0.1) is 13.8 Å². The number of rotatable bonds is 7. The topological polar surface area (TPSA) is 107 Å². The van der Waals surface area contributed by atoms with Crippen molar-refractivity contribution in [3.63, 3.8) is 0 Å². The molecule has 9 nitrogen and oxygen atoms in total. The van der Waals surface area contributed by atoms with Crippen LogP contribution in [0.1, 0.15) is 24.0 Å². The summed E-state index contributed by atoms with van der Waals surface area (Å²) in [6.07, 6.45) is 0.263. The number of amides is 2. The van der Waals surface area contributed by atoms with Crippen LogP contribution in [0.15, 0.2) is 41.5 Å². The lowest BCUT2D eigenvalue weighted by molar-refractivity contribution is -0.140. The molecule has 168 valence electrons. The Hall–Kier alpha value is -3.88. The van der Waals surface area contributed by atoms with Gasteiger partial charge in [0, 0.05) is 18.9 Å². The second kappa shape index (κ2) is 9.95. The number of hydrazone groups is 1. The van der Waals surface area contributed by atoms with Crippen molar-refractivity contribution in [2.45, 2.75) is 26.7 Å². The summed E-state index contributed by atoms with van der Waals surface area (Å²) in [7, 11) is 2.98. The van der Waals surface area contributed by atoms with Gasteiger partial charge in [0.25, 0.3) is 5.91 Å². The molecule has 0 radical (unpaired) electrons. The number of carbonyl (C=O) groups is 3. The number of hydrogen-bond acceptors (Lipinski definition) is 7. The predicted octanol–water partition coefficient (Wildman–Crippen LogP) is 2.99. The molecule has 1 heterocycles. The highest BCUT2D eigenvalue weighted by atomic mass is 16.5. The summed E-state index contributed by atoms with van der Waals surface area (Å²) >= 11 is 0. The van der Waals surface area contributed by atoms with Gasteiger partial charge in [-0.3, -0.25) is 9.59 Å². The first kappa shape index (κ1) is 22.8. The van der Waals surface area contributed by atoms with Crippen LogP contribution in [-0.2, 0) is 19.1 Å². The van der Waals surface area contributed by atoms with Crippen LogP contribution in [0.5, 0.6) is 11.5 Å². The molecule has 1 aliphatic heterocycles. The molecular weight excluding hydrogens is 414 g/mol. The lowest BCUT2D eigenvalue weighted by atomic mass is 10.1. The fraction of sp³-hybridized carbons (Fsp3) is 0.304. The lowest BCUT2D eigenvalue weighted by Gasteiger charge is -2.24. The fourth-order valence-corrected chi connectivity index (χ4v) is 3.15. The number of nitrogens with one attached hydrogen (secondary N) is 1. The molecule has 0 saturated heterocycles. The van der Waals surface area contributed by atoms with Crippen LogP contribution in [-0.4, -0.2) is 44.3 Å². The molecule has 2 aromatic carbocycles. The van der Waals surface area contributed by atoms with Gasteiger partial charge in [-0.05, 0) is 43.2 Å². The Morgan fingerprint density at radius 1 is 1.06 bits per heavy atom. The highest BCUT2D eigenvalue weighted by Gasteiger charge is 2.27. The fourth-order valence-electron chi connectivity index (χ4n) is 3.15. The number of nitrogens with zero attached hydrogens (tertiary/aromatic N) is 2. The Morgan fingerprint density at radius 2 is 1.84 bits per heavy atom. The Labute approximate surface area is 185 Å². The average molecular weight is 439 g/mol. The molecule has 3 rings (SSSR count). The first-order valence-electron chi connectivity index (χ1n) is 9.99. The summed E-state index contributed by atoms with van der Waals surface area (Å²) in [5.41, 5.74) is 2.90. The molecule has 2 amide bonds. The number of esters is 1. The average Bonchev–Trinajstić information content (AvgIpc) is 2.79. The summed E-state index contributed by atoms with van der Waals surface area (Å²) in [6, 6.07) is 10.6. The summed E-state index contributed by atoms with van der Waals surface area (Å²) in [4.78, 5) is 37.2. The minimum absolute atomic E-state index is 0.0808. The lowest BCUT2D eigenvalue weighted by Crippen LogP contribution is -2.36. The quantitative estimate of drug-likeness (QED) is 0.665. The van der Waals surface area contributed by atoms with E-state index >= 15 is 0 Å². The van der Waals surface area contributed by atoms with E-state index in [1.165, 1.54) is 19.2 Å². The maximum absolute atomic E-state index is 12.5. The van der Waals surface area contributed by atoms with Crippen LogP contribution in [0.4, 0.5) is 11.4 Å². The second-order valence-corrected chi connectivity index (χ2v) is 7.23. The van der Waals surface area contributed by atoms with Crippen molar-refractivity contribution < 1.29 is 28.6 Å². The van der Waals surface area contributed by atoms with Gasteiger partial charge >= 0.3 is 5.97 Å². The molecule has 32 heavy (non-hydrogen) atoms. The Kier molecular flexibility index (Phi) is 7.09. The van der Waals surface area contributed by atoms with Crippen LogP contribution in [0.3, 0.4) is 0 Å². The first-order valence-corrected chi connectivity index (χ1v) is 9.99. The molecule has 0 aromatic heterocycles. The van der Waals surface area contributed by atoms with Crippen molar-refractivity contribution in [1.82, 2.24) is 0 Å². The van der Waals surface area contributed by atoms with Crippen molar-refractivity contribution in [2.24, 2.45) is 5.10 Å². The third kappa shape index (κ3) is 5.23. The standard InChI is InChI=1S/C23H25N3O6/c1-14-5-6-15(2)19(11-14)26-22(28)10-8-17(25-26)23(29)32-13-21(27)24-18-12-16(30-3)7-9-20(18)31-4/h5-7,9,11-12H,8,10,13H2,1-4H3,(H,24,27). The second-order valence-electron chi connectivity index (χ2n) is 7.23. The van der Waals surface area contributed by atoms with Crippen molar-refractivity contribution in [3.8, 4) is 11.5 Å². The van der Waals surface area contributed by atoms with Crippen LogP contribution >= 0.6 is 0 Å². The smallest absolute Gasteiger partial charge is 0.355 e. The highest BCUT2D eigenvalue weighted by Crippen LogP contribution is 2.29. The van der Waals surface area contributed by atoms with E-state index in [-0.39, 0.29) is 24.5 Å². The highest BCUT2D eigenvalue weighted by molar-refractivity contribution is 6.38. The Balaban J connectivity index is 1.67. The van der Waals surface area contributed by atoms with E-state index in [2.05, 4.69) is 10.4 Å². The van der Waals surface area contributed by atoms with Gasteiger partial charge in [-0.25, -0.2) is 4.79 Å². The van der Waals surface area contributed by atoms with Gasteiger partial charge in [-0.15, -0.1) is 0 Å². The summed E-state index contributed by atoms with van der Waals surface area (Å²) < 4.78 is 15.5. The molecule has 0 aliphatic carbocycles. The third-order valence-electron chi connectivity index (χ3n) is 4.88. The molecular formula is C23H25N3O6. The van der Waals surface area contributed by atoms with E-state index in [0.29, 0.717) is 22.9 Å². The number of aryl methyl sites for hydroxylation is 2. The minimum Gasteiger partial charge on any atom is -0.497 e.